The Hall–Kier alpha value is -1.77. The van der Waals surface area contributed by atoms with Crippen molar-refractivity contribution in [1.29, 1.82) is 0 Å². The third-order valence-electron chi connectivity index (χ3n) is 4.01. The van der Waals surface area contributed by atoms with Gasteiger partial charge in [-0.1, -0.05) is 0 Å². The number of thioether (sulfide) groups is 1. The topological polar surface area (TPSA) is 105 Å². The standard InChI is InChI=1S/C13H17N3O5S/c17-9-4-5-10(18)16(9)21-11(19)3-1-2-8-12-7(6-22-8)14-13(20)15-12/h7-8,12H,1-6H2,(H2,14,15,20)/t7-,8?,12-/m1/s1. The lowest BCUT2D eigenvalue weighted by Crippen LogP contribution is -2.37. The summed E-state index contributed by atoms with van der Waals surface area (Å²) >= 11 is 1.77. The lowest BCUT2D eigenvalue weighted by Gasteiger charge is -2.16. The number of imide groups is 1. The summed E-state index contributed by atoms with van der Waals surface area (Å²) in [6.07, 6.45) is 1.70. The molecule has 0 spiro atoms. The molecule has 1 unspecified atom stereocenters. The van der Waals surface area contributed by atoms with Crippen LogP contribution in [0.4, 0.5) is 4.79 Å². The van der Waals surface area contributed by atoms with E-state index in [-0.39, 0.29) is 42.6 Å². The van der Waals surface area contributed by atoms with E-state index in [2.05, 4.69) is 10.6 Å². The molecular formula is C13H17N3O5S. The molecule has 3 fully saturated rings. The molecule has 0 aromatic heterocycles. The maximum Gasteiger partial charge on any atom is 0.333 e. The van der Waals surface area contributed by atoms with Crippen molar-refractivity contribution in [1.82, 2.24) is 15.7 Å². The summed E-state index contributed by atoms with van der Waals surface area (Å²) in [5.74, 6) is -0.633. The van der Waals surface area contributed by atoms with Gasteiger partial charge in [-0.15, -0.1) is 5.06 Å². The van der Waals surface area contributed by atoms with Gasteiger partial charge in [0.1, 0.15) is 0 Å². The van der Waals surface area contributed by atoms with Crippen LogP contribution < -0.4 is 10.6 Å². The largest absolute Gasteiger partial charge is 0.333 e. The van der Waals surface area contributed by atoms with Crippen LogP contribution in [0.1, 0.15) is 32.1 Å². The van der Waals surface area contributed by atoms with Crippen LogP contribution in [0, 0.1) is 0 Å². The van der Waals surface area contributed by atoms with E-state index in [1.165, 1.54) is 0 Å². The SMILES string of the molecule is O=C1N[C@@H]2CSC(CCCC(=O)ON3C(=O)CCC3=O)[C@@H]2N1. The first kappa shape index (κ1) is 15.1. The fourth-order valence-electron chi connectivity index (χ4n) is 2.90. The summed E-state index contributed by atoms with van der Waals surface area (Å²) in [5.41, 5.74) is 0. The van der Waals surface area contributed by atoms with Gasteiger partial charge in [-0.05, 0) is 12.8 Å². The Morgan fingerprint density at radius 3 is 2.68 bits per heavy atom. The van der Waals surface area contributed by atoms with Gasteiger partial charge in [0.05, 0.1) is 12.1 Å². The number of fused-ring (bicyclic) bond motifs is 1. The second-order valence-corrected chi connectivity index (χ2v) is 6.83. The van der Waals surface area contributed by atoms with Gasteiger partial charge in [-0.2, -0.15) is 11.8 Å². The number of amides is 4. The van der Waals surface area contributed by atoms with Crippen LogP contribution in [0.15, 0.2) is 0 Å². The van der Waals surface area contributed by atoms with E-state index in [4.69, 9.17) is 4.84 Å². The van der Waals surface area contributed by atoms with Crippen LogP contribution in [-0.4, -0.2) is 52.0 Å². The highest BCUT2D eigenvalue weighted by molar-refractivity contribution is 8.00. The number of urea groups is 1. The predicted octanol–water partition coefficient (Wildman–Crippen LogP) is -0.0707. The average Bonchev–Trinajstić information content (AvgIpc) is 3.10. The molecule has 3 aliphatic rings. The highest BCUT2D eigenvalue weighted by Crippen LogP contribution is 2.33. The van der Waals surface area contributed by atoms with E-state index in [9.17, 15) is 19.2 Å². The van der Waals surface area contributed by atoms with Crippen LogP contribution in [0.25, 0.3) is 0 Å². The minimum absolute atomic E-state index is 0.0978. The van der Waals surface area contributed by atoms with Crippen LogP contribution >= 0.6 is 11.8 Å². The van der Waals surface area contributed by atoms with E-state index in [1.807, 2.05) is 0 Å². The van der Waals surface area contributed by atoms with Gasteiger partial charge in [0.15, 0.2) is 0 Å². The average molecular weight is 327 g/mol. The Morgan fingerprint density at radius 2 is 1.95 bits per heavy atom. The normalized spacial score (nSPS) is 30.3. The van der Waals surface area contributed by atoms with E-state index >= 15 is 0 Å². The van der Waals surface area contributed by atoms with Crippen molar-refractivity contribution in [3.8, 4) is 0 Å². The molecule has 9 heteroatoms. The summed E-state index contributed by atoms with van der Waals surface area (Å²) in [6.45, 7) is 0. The van der Waals surface area contributed by atoms with Crippen molar-refractivity contribution in [3.05, 3.63) is 0 Å². The minimum atomic E-state index is -0.572. The summed E-state index contributed by atoms with van der Waals surface area (Å²) in [6, 6.07) is 0.135. The zero-order valence-electron chi connectivity index (χ0n) is 11.9. The summed E-state index contributed by atoms with van der Waals surface area (Å²) < 4.78 is 0. The lowest BCUT2D eigenvalue weighted by atomic mass is 10.0. The number of carbonyl (C=O) groups is 4. The molecule has 120 valence electrons. The first-order valence-corrected chi connectivity index (χ1v) is 8.34. The minimum Gasteiger partial charge on any atom is -0.332 e. The quantitative estimate of drug-likeness (QED) is 0.541. The zero-order valence-corrected chi connectivity index (χ0v) is 12.7. The van der Waals surface area contributed by atoms with Crippen LogP contribution in [0.3, 0.4) is 0 Å². The Kier molecular flexibility index (Phi) is 4.23. The highest BCUT2D eigenvalue weighted by atomic mass is 32.2. The van der Waals surface area contributed by atoms with Crippen molar-refractivity contribution in [2.24, 2.45) is 0 Å². The summed E-state index contributed by atoms with van der Waals surface area (Å²) in [4.78, 5) is 50.4. The molecule has 0 aliphatic carbocycles. The van der Waals surface area contributed by atoms with Crippen molar-refractivity contribution >= 4 is 35.6 Å². The number of hydrogen-bond donors (Lipinski definition) is 2. The van der Waals surface area contributed by atoms with Gasteiger partial charge in [0.25, 0.3) is 11.8 Å². The molecule has 2 N–H and O–H groups in total. The lowest BCUT2D eigenvalue weighted by molar-refractivity contribution is -0.197. The van der Waals surface area contributed by atoms with Gasteiger partial charge >= 0.3 is 12.0 Å². The molecule has 3 heterocycles. The monoisotopic (exact) mass is 327 g/mol. The number of nitrogens with zero attached hydrogens (tertiary/aromatic N) is 1. The summed E-state index contributed by atoms with van der Waals surface area (Å²) in [7, 11) is 0. The van der Waals surface area contributed by atoms with E-state index < -0.39 is 17.8 Å². The van der Waals surface area contributed by atoms with Crippen molar-refractivity contribution in [2.75, 3.05) is 5.75 Å². The Morgan fingerprint density at radius 1 is 1.23 bits per heavy atom. The fourth-order valence-corrected chi connectivity index (χ4v) is 4.44. The molecule has 3 rings (SSSR count). The molecule has 0 aromatic rings. The first-order valence-electron chi connectivity index (χ1n) is 7.30. The number of nitrogens with one attached hydrogen (secondary N) is 2. The second kappa shape index (κ2) is 6.15. The molecule has 3 atom stereocenters. The fraction of sp³-hybridized carbons (Fsp3) is 0.692. The van der Waals surface area contributed by atoms with Crippen molar-refractivity contribution < 1.29 is 24.0 Å². The molecule has 0 aromatic carbocycles. The third-order valence-corrected chi connectivity index (χ3v) is 5.52. The third kappa shape index (κ3) is 3.03. The number of hydrogen-bond acceptors (Lipinski definition) is 6. The molecule has 0 radical (unpaired) electrons. The maximum absolute atomic E-state index is 11.7. The second-order valence-electron chi connectivity index (χ2n) is 5.56. The van der Waals surface area contributed by atoms with Gasteiger partial charge in [-0.3, -0.25) is 9.59 Å². The van der Waals surface area contributed by atoms with Crippen molar-refractivity contribution in [3.63, 3.8) is 0 Å². The van der Waals surface area contributed by atoms with Gasteiger partial charge in [-0.25, -0.2) is 9.59 Å². The molecule has 0 saturated carbocycles. The van der Waals surface area contributed by atoms with Crippen LogP contribution in [0.2, 0.25) is 0 Å². The summed E-state index contributed by atoms with van der Waals surface area (Å²) in [5, 5.41) is 6.59. The number of rotatable bonds is 5. The zero-order chi connectivity index (χ0) is 15.7. The molecule has 3 aliphatic heterocycles. The first-order chi connectivity index (χ1) is 10.5. The number of carbonyl (C=O) groups excluding carboxylic acids is 4. The Balaban J connectivity index is 1.40. The van der Waals surface area contributed by atoms with Gasteiger partial charge < -0.3 is 15.5 Å². The van der Waals surface area contributed by atoms with E-state index in [0.717, 1.165) is 12.2 Å². The molecule has 0 bridgehead atoms. The van der Waals surface area contributed by atoms with E-state index in [1.54, 1.807) is 11.8 Å². The van der Waals surface area contributed by atoms with Gasteiger partial charge in [0, 0.05) is 30.3 Å². The predicted molar refractivity (Wildman–Crippen MR) is 76.5 cm³/mol. The van der Waals surface area contributed by atoms with E-state index in [0.29, 0.717) is 11.5 Å². The molecule has 3 saturated heterocycles. The number of hydroxylamine groups is 2. The highest BCUT2D eigenvalue weighted by Gasteiger charge is 2.42. The van der Waals surface area contributed by atoms with Crippen molar-refractivity contribution in [2.45, 2.75) is 49.4 Å². The molecule has 22 heavy (non-hydrogen) atoms. The smallest absolute Gasteiger partial charge is 0.332 e. The van der Waals surface area contributed by atoms with Gasteiger partial charge in [0.2, 0.25) is 0 Å². The Labute approximate surface area is 131 Å². The molecule has 4 amide bonds. The molecule has 8 nitrogen and oxygen atoms in total. The molecular weight excluding hydrogens is 310 g/mol. The van der Waals surface area contributed by atoms with Crippen LogP contribution in [-0.2, 0) is 19.2 Å². The van der Waals surface area contributed by atoms with Crippen LogP contribution in [0.5, 0.6) is 0 Å². The Bertz CT molecular complexity index is 510. The maximum atomic E-state index is 11.7.